The van der Waals surface area contributed by atoms with Gasteiger partial charge >= 0.3 is 0 Å². The Labute approximate surface area is 79.0 Å². The van der Waals surface area contributed by atoms with Gasteiger partial charge in [0.1, 0.15) is 0 Å². The van der Waals surface area contributed by atoms with Gasteiger partial charge in [-0.15, -0.1) is 0 Å². The molecule has 1 nitrogen and oxygen atoms in total. The molecule has 2 rings (SSSR count). The number of rotatable bonds is 1. The van der Waals surface area contributed by atoms with Gasteiger partial charge in [-0.05, 0) is 18.6 Å². The van der Waals surface area contributed by atoms with Gasteiger partial charge in [-0.3, -0.25) is 0 Å². The number of aryl methyl sites for hydroxylation is 1. The largest absolute Gasteiger partial charge is 0.205 e. The van der Waals surface area contributed by atoms with Crippen LogP contribution >= 0.6 is 0 Å². The highest BCUT2D eigenvalue weighted by Crippen LogP contribution is 2.18. The first kappa shape index (κ1) is 8.24. The van der Waals surface area contributed by atoms with Gasteiger partial charge in [0.25, 0.3) is 0 Å². The molecule has 0 atom stereocenters. The lowest BCUT2D eigenvalue weighted by Gasteiger charge is -2.10. The van der Waals surface area contributed by atoms with E-state index in [1.165, 1.54) is 16.8 Å². The molecule has 1 aliphatic rings. The van der Waals surface area contributed by atoms with E-state index >= 15 is 0 Å². The average Bonchev–Trinajstić information content (AvgIpc) is 2.17. The van der Waals surface area contributed by atoms with E-state index in [1.54, 1.807) is 0 Å². The van der Waals surface area contributed by atoms with Crippen LogP contribution in [0.3, 0.4) is 0 Å². The highest BCUT2D eigenvalue weighted by molar-refractivity contribution is 5.53. The van der Waals surface area contributed by atoms with Gasteiger partial charge in [0, 0.05) is 24.6 Å². The summed E-state index contributed by atoms with van der Waals surface area (Å²) < 4.78 is 2.27. The topological polar surface area (TPSA) is 3.88 Å². The molecule has 0 bridgehead atoms. The molecule has 0 spiro atoms. The quantitative estimate of drug-likeness (QED) is 0.572. The van der Waals surface area contributed by atoms with Gasteiger partial charge in [0.05, 0.1) is 0 Å². The van der Waals surface area contributed by atoms with E-state index < -0.39 is 0 Å². The predicted molar refractivity (Wildman–Crippen MR) is 54.0 cm³/mol. The van der Waals surface area contributed by atoms with Crippen molar-refractivity contribution in [1.29, 1.82) is 0 Å². The van der Waals surface area contributed by atoms with Crippen LogP contribution < -0.4 is 4.57 Å². The fraction of sp³-hybridized carbons (Fsp3) is 0.250. The Kier molecular flexibility index (Phi) is 2.01. The molecule has 0 radical (unpaired) electrons. The van der Waals surface area contributed by atoms with Crippen LogP contribution in [0.15, 0.2) is 42.1 Å². The molecule has 0 aliphatic carbocycles. The predicted octanol–water partition coefficient (Wildman–Crippen LogP) is 2.34. The Morgan fingerprint density at radius 3 is 3.08 bits per heavy atom. The van der Waals surface area contributed by atoms with Gasteiger partial charge in [0.2, 0.25) is 5.69 Å². The molecule has 13 heavy (non-hydrogen) atoms. The van der Waals surface area contributed by atoms with E-state index in [1.807, 2.05) is 0 Å². The summed E-state index contributed by atoms with van der Waals surface area (Å²) >= 11 is 0. The number of aromatic nitrogens is 1. The molecule has 0 amide bonds. The van der Waals surface area contributed by atoms with Crippen LogP contribution in [0.25, 0.3) is 6.08 Å². The molecule has 0 saturated heterocycles. The number of allylic oxidation sites excluding steroid dienone is 2. The van der Waals surface area contributed by atoms with Crippen LogP contribution in [0.2, 0.25) is 0 Å². The fourth-order valence-electron chi connectivity index (χ4n) is 1.65. The summed E-state index contributed by atoms with van der Waals surface area (Å²) in [6.45, 7) is 7.13. The summed E-state index contributed by atoms with van der Waals surface area (Å²) in [5.74, 6) is 0. The summed E-state index contributed by atoms with van der Waals surface area (Å²) in [7, 11) is 0. The molecule has 1 aliphatic heterocycles. The monoisotopic (exact) mass is 172 g/mol. The second-order valence-electron chi connectivity index (χ2n) is 3.52. The molecule has 2 heterocycles. The van der Waals surface area contributed by atoms with Gasteiger partial charge < -0.3 is 0 Å². The van der Waals surface area contributed by atoms with Crippen molar-refractivity contribution in [1.82, 2.24) is 0 Å². The third-order valence-electron chi connectivity index (χ3n) is 2.47. The van der Waals surface area contributed by atoms with Crippen molar-refractivity contribution in [3.8, 4) is 0 Å². The van der Waals surface area contributed by atoms with Crippen molar-refractivity contribution in [2.24, 2.45) is 0 Å². The highest BCUT2D eigenvalue weighted by atomic mass is 15.0. The van der Waals surface area contributed by atoms with Crippen molar-refractivity contribution in [3.05, 3.63) is 47.8 Å². The third kappa shape index (κ3) is 1.55. The van der Waals surface area contributed by atoms with Gasteiger partial charge in [-0.25, -0.2) is 0 Å². The lowest BCUT2D eigenvalue weighted by Crippen LogP contribution is -2.38. The van der Waals surface area contributed by atoms with E-state index in [9.17, 15) is 0 Å². The van der Waals surface area contributed by atoms with E-state index in [-0.39, 0.29) is 0 Å². The van der Waals surface area contributed by atoms with E-state index in [2.05, 4.69) is 48.5 Å². The zero-order valence-electron chi connectivity index (χ0n) is 7.96. The van der Waals surface area contributed by atoms with Gasteiger partial charge in [-0.2, -0.15) is 4.57 Å². The molecular weight excluding hydrogens is 158 g/mol. The lowest BCUT2D eigenvalue weighted by molar-refractivity contribution is -0.699. The number of pyridine rings is 1. The third-order valence-corrected chi connectivity index (χ3v) is 2.47. The Balaban J connectivity index is 2.44. The second kappa shape index (κ2) is 3.17. The lowest BCUT2D eigenvalue weighted by atomic mass is 10.0. The maximum Gasteiger partial charge on any atom is 0.205 e. The van der Waals surface area contributed by atoms with Gasteiger partial charge in [0.15, 0.2) is 12.7 Å². The standard InChI is InChI=1S/C12H14N/c1-10(2)11-6-8-13-7-4-3-5-12(13)9-11/h3-5,7,9H,1,6,8H2,2H3/q+1. The fourth-order valence-corrected chi connectivity index (χ4v) is 1.65. The minimum Gasteiger partial charge on any atom is -0.198 e. The van der Waals surface area contributed by atoms with Crippen molar-refractivity contribution < 1.29 is 4.57 Å². The Morgan fingerprint density at radius 2 is 2.31 bits per heavy atom. The van der Waals surface area contributed by atoms with E-state index in [4.69, 9.17) is 0 Å². The molecule has 66 valence electrons. The van der Waals surface area contributed by atoms with E-state index in [0.29, 0.717) is 0 Å². The Bertz CT molecular complexity index is 374. The van der Waals surface area contributed by atoms with Crippen molar-refractivity contribution >= 4 is 6.08 Å². The maximum absolute atomic E-state index is 3.97. The second-order valence-corrected chi connectivity index (χ2v) is 3.52. The Morgan fingerprint density at radius 1 is 1.46 bits per heavy atom. The molecule has 0 aromatic carbocycles. The van der Waals surface area contributed by atoms with E-state index in [0.717, 1.165) is 13.0 Å². The summed E-state index contributed by atoms with van der Waals surface area (Å²) in [5, 5.41) is 0. The van der Waals surface area contributed by atoms with Crippen LogP contribution in [0, 0.1) is 0 Å². The summed E-state index contributed by atoms with van der Waals surface area (Å²) in [5.41, 5.74) is 3.85. The number of hydrogen-bond donors (Lipinski definition) is 0. The molecule has 0 saturated carbocycles. The SMILES string of the molecule is C=C(C)C1=Cc2cccc[n+]2CC1. The zero-order valence-corrected chi connectivity index (χ0v) is 7.96. The maximum atomic E-state index is 3.97. The molecule has 1 heteroatoms. The molecule has 1 aromatic rings. The number of nitrogens with zero attached hydrogens (tertiary/aromatic N) is 1. The number of fused-ring (bicyclic) bond motifs is 1. The first-order valence-electron chi connectivity index (χ1n) is 4.62. The molecule has 0 fully saturated rings. The van der Waals surface area contributed by atoms with Crippen molar-refractivity contribution in [2.45, 2.75) is 19.9 Å². The zero-order chi connectivity index (χ0) is 9.26. The average molecular weight is 172 g/mol. The summed E-state index contributed by atoms with van der Waals surface area (Å²) in [6, 6.07) is 6.29. The summed E-state index contributed by atoms with van der Waals surface area (Å²) in [6.07, 6.45) is 5.46. The molecule has 1 aromatic heterocycles. The smallest absolute Gasteiger partial charge is 0.198 e. The first-order chi connectivity index (χ1) is 6.27. The minimum atomic E-state index is 1.08. The van der Waals surface area contributed by atoms with Crippen LogP contribution in [-0.2, 0) is 6.54 Å². The van der Waals surface area contributed by atoms with Crippen molar-refractivity contribution in [2.75, 3.05) is 0 Å². The first-order valence-corrected chi connectivity index (χ1v) is 4.62. The highest BCUT2D eigenvalue weighted by Gasteiger charge is 2.15. The van der Waals surface area contributed by atoms with Gasteiger partial charge in [-0.1, -0.05) is 12.2 Å². The summed E-state index contributed by atoms with van der Waals surface area (Å²) in [4.78, 5) is 0. The molecule has 0 unspecified atom stereocenters. The number of hydrogen-bond acceptors (Lipinski definition) is 0. The Hall–Kier alpha value is -1.37. The molecule has 0 N–H and O–H groups in total. The van der Waals surface area contributed by atoms with Crippen molar-refractivity contribution in [3.63, 3.8) is 0 Å². The van der Waals surface area contributed by atoms with Crippen LogP contribution in [0.5, 0.6) is 0 Å². The minimum absolute atomic E-state index is 1.08. The van der Waals surface area contributed by atoms with Crippen LogP contribution in [0.1, 0.15) is 19.0 Å². The van der Waals surface area contributed by atoms with Crippen LogP contribution in [-0.4, -0.2) is 0 Å². The van der Waals surface area contributed by atoms with Crippen LogP contribution in [0.4, 0.5) is 0 Å². The molecular formula is C12H14N+. The normalized spacial score (nSPS) is 14.7.